The van der Waals surface area contributed by atoms with E-state index in [0.29, 0.717) is 18.3 Å². The minimum absolute atomic E-state index is 0.180. The molecule has 1 aromatic heterocycles. The number of hydrogen-bond donors (Lipinski definition) is 2. The molecule has 5 heteroatoms. The Bertz CT molecular complexity index is 555. The monoisotopic (exact) mass is 306 g/mol. The van der Waals surface area contributed by atoms with Crippen molar-refractivity contribution in [1.29, 1.82) is 0 Å². The van der Waals surface area contributed by atoms with Gasteiger partial charge in [-0.05, 0) is 43.2 Å². The maximum Gasteiger partial charge on any atom is 0.160 e. The third kappa shape index (κ3) is 4.20. The molecule has 0 radical (unpaired) electrons. The van der Waals surface area contributed by atoms with Crippen LogP contribution in [0.4, 0.5) is 0 Å². The molecule has 1 heterocycles. The van der Waals surface area contributed by atoms with Gasteiger partial charge in [-0.25, -0.2) is 0 Å². The minimum Gasteiger partial charge on any atom is -0.504 e. The summed E-state index contributed by atoms with van der Waals surface area (Å²) in [5.41, 5.74) is 1.04. The van der Waals surface area contributed by atoms with E-state index in [0.717, 1.165) is 12.1 Å². The molecule has 1 aromatic carbocycles. The number of phenolic OH excluding ortho intramolecular Hbond substituents is 1. The van der Waals surface area contributed by atoms with Gasteiger partial charge in [-0.3, -0.25) is 0 Å². The summed E-state index contributed by atoms with van der Waals surface area (Å²) in [4.78, 5) is 3.56. The zero-order valence-electron chi connectivity index (χ0n) is 12.7. The second kappa shape index (κ2) is 7.45. The molecule has 0 saturated heterocycles. The van der Waals surface area contributed by atoms with Crippen molar-refractivity contribution in [3.05, 3.63) is 46.2 Å². The van der Waals surface area contributed by atoms with Gasteiger partial charge in [-0.15, -0.1) is 11.3 Å². The predicted molar refractivity (Wildman–Crippen MR) is 87.1 cm³/mol. The maximum atomic E-state index is 9.78. The van der Waals surface area contributed by atoms with Crippen LogP contribution in [0.1, 0.15) is 16.5 Å². The number of thiophene rings is 1. The van der Waals surface area contributed by atoms with Crippen molar-refractivity contribution in [2.24, 2.45) is 0 Å². The lowest BCUT2D eigenvalue weighted by molar-refractivity contribution is 0.292. The molecule has 0 aliphatic heterocycles. The van der Waals surface area contributed by atoms with Crippen LogP contribution in [0, 0.1) is 0 Å². The number of benzene rings is 1. The van der Waals surface area contributed by atoms with Crippen molar-refractivity contribution >= 4 is 11.3 Å². The number of rotatable bonds is 7. The zero-order chi connectivity index (χ0) is 15.2. The molecule has 2 aromatic rings. The Hall–Kier alpha value is -1.56. The molecule has 4 nitrogen and oxygen atoms in total. The number of ether oxygens (including phenoxy) is 1. The van der Waals surface area contributed by atoms with Crippen molar-refractivity contribution in [2.45, 2.75) is 12.6 Å². The van der Waals surface area contributed by atoms with E-state index in [-0.39, 0.29) is 5.75 Å². The van der Waals surface area contributed by atoms with Gasteiger partial charge in [0.25, 0.3) is 0 Å². The molecule has 0 aliphatic rings. The normalized spacial score (nSPS) is 12.6. The SMILES string of the molecule is COc1ccc(CNCC(c2cccs2)N(C)C)cc1O. The Labute approximate surface area is 130 Å². The zero-order valence-corrected chi connectivity index (χ0v) is 13.5. The van der Waals surface area contributed by atoms with E-state index in [1.807, 2.05) is 6.07 Å². The molecule has 0 bridgehead atoms. The number of likely N-dealkylation sites (N-methyl/N-ethyl adjacent to an activating group) is 1. The van der Waals surface area contributed by atoms with Crippen LogP contribution in [0.25, 0.3) is 0 Å². The van der Waals surface area contributed by atoms with Gasteiger partial charge in [0.05, 0.1) is 13.2 Å². The molecule has 1 atom stereocenters. The summed E-state index contributed by atoms with van der Waals surface area (Å²) in [7, 11) is 5.73. The Morgan fingerprint density at radius 1 is 1.33 bits per heavy atom. The molecule has 0 amide bonds. The van der Waals surface area contributed by atoms with E-state index >= 15 is 0 Å². The van der Waals surface area contributed by atoms with Crippen molar-refractivity contribution in [3.63, 3.8) is 0 Å². The van der Waals surface area contributed by atoms with E-state index < -0.39 is 0 Å². The molecule has 114 valence electrons. The van der Waals surface area contributed by atoms with Gasteiger partial charge in [0.15, 0.2) is 11.5 Å². The molecular weight excluding hydrogens is 284 g/mol. The summed E-state index contributed by atoms with van der Waals surface area (Å²) in [6.45, 7) is 1.58. The number of nitrogens with one attached hydrogen (secondary N) is 1. The summed E-state index contributed by atoms with van der Waals surface area (Å²) in [6, 6.07) is 10.1. The van der Waals surface area contributed by atoms with Gasteiger partial charge in [-0.1, -0.05) is 12.1 Å². The fraction of sp³-hybridized carbons (Fsp3) is 0.375. The fourth-order valence-corrected chi connectivity index (χ4v) is 3.14. The first-order valence-corrected chi connectivity index (χ1v) is 7.76. The van der Waals surface area contributed by atoms with Gasteiger partial charge in [0, 0.05) is 18.0 Å². The lowest BCUT2D eigenvalue weighted by Crippen LogP contribution is -2.30. The lowest BCUT2D eigenvalue weighted by atomic mass is 10.2. The largest absolute Gasteiger partial charge is 0.504 e. The van der Waals surface area contributed by atoms with Crippen molar-refractivity contribution in [1.82, 2.24) is 10.2 Å². The summed E-state index contributed by atoms with van der Waals surface area (Å²) in [5, 5.41) is 15.3. The Kier molecular flexibility index (Phi) is 5.61. The lowest BCUT2D eigenvalue weighted by Gasteiger charge is -2.23. The van der Waals surface area contributed by atoms with E-state index in [9.17, 15) is 5.11 Å². The van der Waals surface area contributed by atoms with Crippen LogP contribution < -0.4 is 10.1 Å². The van der Waals surface area contributed by atoms with Gasteiger partial charge in [0.1, 0.15) is 0 Å². The number of nitrogens with zero attached hydrogens (tertiary/aromatic N) is 1. The van der Waals surface area contributed by atoms with E-state index in [2.05, 4.69) is 41.8 Å². The van der Waals surface area contributed by atoms with E-state index in [1.54, 1.807) is 30.6 Å². The molecular formula is C16H22N2O2S. The summed E-state index contributed by atoms with van der Waals surface area (Å²) in [5.74, 6) is 0.683. The van der Waals surface area contributed by atoms with E-state index in [4.69, 9.17) is 4.74 Å². The second-order valence-corrected chi connectivity index (χ2v) is 6.11. The second-order valence-electron chi connectivity index (χ2n) is 5.13. The fourth-order valence-electron chi connectivity index (χ4n) is 2.22. The molecule has 2 N–H and O–H groups in total. The topological polar surface area (TPSA) is 44.7 Å². The quantitative estimate of drug-likeness (QED) is 0.825. The smallest absolute Gasteiger partial charge is 0.160 e. The van der Waals surface area contributed by atoms with Gasteiger partial charge in [-0.2, -0.15) is 0 Å². The van der Waals surface area contributed by atoms with Crippen LogP contribution in [-0.4, -0.2) is 37.8 Å². The third-order valence-electron chi connectivity index (χ3n) is 3.41. The van der Waals surface area contributed by atoms with Crippen LogP contribution in [-0.2, 0) is 6.54 Å². The van der Waals surface area contributed by atoms with Crippen molar-refractivity contribution < 1.29 is 9.84 Å². The maximum absolute atomic E-state index is 9.78. The number of aromatic hydroxyl groups is 1. The summed E-state index contributed by atoms with van der Waals surface area (Å²) >= 11 is 1.77. The Balaban J connectivity index is 1.92. The average Bonchev–Trinajstić information content (AvgIpc) is 2.97. The van der Waals surface area contributed by atoms with Crippen molar-refractivity contribution in [3.8, 4) is 11.5 Å². The molecule has 0 aliphatic carbocycles. The minimum atomic E-state index is 0.180. The molecule has 0 spiro atoms. The third-order valence-corrected chi connectivity index (χ3v) is 4.38. The molecule has 2 rings (SSSR count). The highest BCUT2D eigenvalue weighted by molar-refractivity contribution is 7.10. The number of hydrogen-bond acceptors (Lipinski definition) is 5. The summed E-state index contributed by atoms with van der Waals surface area (Å²) < 4.78 is 5.05. The molecule has 0 fully saturated rings. The van der Waals surface area contributed by atoms with Crippen LogP contribution >= 0.6 is 11.3 Å². The van der Waals surface area contributed by atoms with Crippen LogP contribution in [0.5, 0.6) is 11.5 Å². The van der Waals surface area contributed by atoms with Gasteiger partial charge < -0.3 is 20.1 Å². The Morgan fingerprint density at radius 2 is 2.14 bits per heavy atom. The number of phenols is 1. The van der Waals surface area contributed by atoms with Gasteiger partial charge in [0.2, 0.25) is 0 Å². The first-order valence-electron chi connectivity index (χ1n) is 6.88. The molecule has 0 saturated carbocycles. The summed E-state index contributed by atoms with van der Waals surface area (Å²) in [6.07, 6.45) is 0. The van der Waals surface area contributed by atoms with Crippen LogP contribution in [0.15, 0.2) is 35.7 Å². The predicted octanol–water partition coefficient (Wildman–Crippen LogP) is 2.85. The first kappa shape index (κ1) is 15.8. The van der Waals surface area contributed by atoms with Crippen LogP contribution in [0.2, 0.25) is 0 Å². The van der Waals surface area contributed by atoms with Gasteiger partial charge >= 0.3 is 0 Å². The highest BCUT2D eigenvalue weighted by Crippen LogP contribution is 2.26. The first-order chi connectivity index (χ1) is 10.1. The molecule has 21 heavy (non-hydrogen) atoms. The highest BCUT2D eigenvalue weighted by Gasteiger charge is 2.14. The number of methoxy groups -OCH3 is 1. The standard InChI is InChI=1S/C16H22N2O2S/c1-18(2)13(16-5-4-8-21-16)11-17-10-12-6-7-15(20-3)14(19)9-12/h4-9,13,17,19H,10-11H2,1-3H3. The van der Waals surface area contributed by atoms with Crippen molar-refractivity contribution in [2.75, 3.05) is 27.7 Å². The average molecular weight is 306 g/mol. The molecule has 1 unspecified atom stereocenters. The Morgan fingerprint density at radius 3 is 2.71 bits per heavy atom. The highest BCUT2D eigenvalue weighted by atomic mass is 32.1. The van der Waals surface area contributed by atoms with E-state index in [1.165, 1.54) is 4.88 Å². The van der Waals surface area contributed by atoms with Crippen LogP contribution in [0.3, 0.4) is 0 Å².